The summed E-state index contributed by atoms with van der Waals surface area (Å²) >= 11 is 0. The molecule has 1 aromatic carbocycles. The van der Waals surface area contributed by atoms with Gasteiger partial charge < -0.3 is 9.84 Å². The highest BCUT2D eigenvalue weighted by Crippen LogP contribution is 2.26. The summed E-state index contributed by atoms with van der Waals surface area (Å²) < 4.78 is 30.4. The first-order chi connectivity index (χ1) is 6.49. The number of hydrogen-bond acceptors (Lipinski definition) is 2. The van der Waals surface area contributed by atoms with Gasteiger partial charge in [0.2, 0.25) is 0 Å². The number of ether oxygens (including phenoxy) is 1. The molecule has 1 rings (SSSR count). The van der Waals surface area contributed by atoms with E-state index in [2.05, 4.69) is 4.74 Å². The molecule has 0 unspecified atom stereocenters. The van der Waals surface area contributed by atoms with Gasteiger partial charge in [0, 0.05) is 11.6 Å². The van der Waals surface area contributed by atoms with Gasteiger partial charge in [-0.15, -0.1) is 0 Å². The molecule has 0 atom stereocenters. The quantitative estimate of drug-likeness (QED) is 0.797. The van der Waals surface area contributed by atoms with Crippen LogP contribution in [0.1, 0.15) is 15.9 Å². The molecule has 0 aliphatic rings. The standard InChI is InChI=1S/C9H8F2O3/c1-4-7(9(12)13)6(14-2)3-5(10)8(4)11/h3H,1-2H3,(H,12,13). The lowest BCUT2D eigenvalue weighted by atomic mass is 10.1. The number of methoxy groups -OCH3 is 1. The van der Waals surface area contributed by atoms with Gasteiger partial charge in [0.1, 0.15) is 11.3 Å². The topological polar surface area (TPSA) is 46.5 Å². The Balaban J connectivity index is 3.53. The molecule has 0 spiro atoms. The molecular formula is C9H8F2O3. The van der Waals surface area contributed by atoms with Crippen LogP contribution in [-0.2, 0) is 0 Å². The molecule has 0 amide bonds. The third-order valence-electron chi connectivity index (χ3n) is 1.85. The molecule has 0 bridgehead atoms. The number of carbonyl (C=O) groups is 1. The summed E-state index contributed by atoms with van der Waals surface area (Å²) in [5.41, 5.74) is -0.624. The van der Waals surface area contributed by atoms with Gasteiger partial charge in [-0.2, -0.15) is 0 Å². The van der Waals surface area contributed by atoms with E-state index in [0.29, 0.717) is 6.07 Å². The van der Waals surface area contributed by atoms with Gasteiger partial charge in [0.25, 0.3) is 0 Å². The van der Waals surface area contributed by atoms with Crippen LogP contribution in [0.3, 0.4) is 0 Å². The summed E-state index contributed by atoms with van der Waals surface area (Å²) in [4.78, 5) is 10.7. The Bertz CT molecular complexity index is 388. The van der Waals surface area contributed by atoms with Gasteiger partial charge >= 0.3 is 5.97 Å². The lowest BCUT2D eigenvalue weighted by Gasteiger charge is -2.08. The van der Waals surface area contributed by atoms with Crippen molar-refractivity contribution in [2.75, 3.05) is 7.11 Å². The molecule has 0 aliphatic heterocycles. The third-order valence-corrected chi connectivity index (χ3v) is 1.85. The summed E-state index contributed by atoms with van der Waals surface area (Å²) in [6, 6.07) is 0.714. The molecular weight excluding hydrogens is 194 g/mol. The maximum absolute atomic E-state index is 13.0. The van der Waals surface area contributed by atoms with Crippen molar-refractivity contribution in [3.05, 3.63) is 28.8 Å². The molecule has 0 fully saturated rings. The lowest BCUT2D eigenvalue weighted by Crippen LogP contribution is -2.06. The fourth-order valence-electron chi connectivity index (χ4n) is 1.15. The molecule has 1 N–H and O–H groups in total. The van der Waals surface area contributed by atoms with Gasteiger partial charge in [0.05, 0.1) is 7.11 Å². The van der Waals surface area contributed by atoms with Crippen molar-refractivity contribution < 1.29 is 23.4 Å². The minimum atomic E-state index is -1.35. The van der Waals surface area contributed by atoms with Crippen LogP contribution in [0.15, 0.2) is 6.07 Å². The number of carboxylic acid groups (broad SMARTS) is 1. The smallest absolute Gasteiger partial charge is 0.339 e. The first kappa shape index (κ1) is 10.4. The van der Waals surface area contributed by atoms with Crippen molar-refractivity contribution >= 4 is 5.97 Å². The van der Waals surface area contributed by atoms with E-state index in [0.717, 1.165) is 0 Å². The van der Waals surface area contributed by atoms with Crippen LogP contribution in [-0.4, -0.2) is 18.2 Å². The second-order valence-corrected chi connectivity index (χ2v) is 2.68. The van der Waals surface area contributed by atoms with Gasteiger partial charge in [-0.3, -0.25) is 0 Å². The van der Waals surface area contributed by atoms with E-state index in [1.54, 1.807) is 0 Å². The Kier molecular flexibility index (Phi) is 2.69. The normalized spacial score (nSPS) is 10.0. The zero-order valence-electron chi connectivity index (χ0n) is 7.60. The van der Waals surface area contributed by atoms with E-state index >= 15 is 0 Å². The second-order valence-electron chi connectivity index (χ2n) is 2.68. The number of benzene rings is 1. The van der Waals surface area contributed by atoms with Crippen LogP contribution in [0.5, 0.6) is 5.75 Å². The Morgan fingerprint density at radius 1 is 1.50 bits per heavy atom. The minimum Gasteiger partial charge on any atom is -0.496 e. The summed E-state index contributed by atoms with van der Waals surface area (Å²) in [6.07, 6.45) is 0. The highest BCUT2D eigenvalue weighted by molar-refractivity contribution is 5.92. The number of rotatable bonds is 2. The number of halogens is 2. The van der Waals surface area contributed by atoms with Crippen molar-refractivity contribution in [1.29, 1.82) is 0 Å². The summed E-state index contributed by atoms with van der Waals surface area (Å²) in [5, 5.41) is 8.72. The van der Waals surface area contributed by atoms with Crippen molar-refractivity contribution in [2.45, 2.75) is 6.92 Å². The van der Waals surface area contributed by atoms with E-state index in [-0.39, 0.29) is 16.9 Å². The molecule has 5 heteroatoms. The molecule has 3 nitrogen and oxygen atoms in total. The monoisotopic (exact) mass is 202 g/mol. The molecule has 0 saturated carbocycles. The molecule has 76 valence electrons. The molecule has 1 aromatic rings. The van der Waals surface area contributed by atoms with Crippen LogP contribution in [0.4, 0.5) is 8.78 Å². The van der Waals surface area contributed by atoms with Crippen LogP contribution in [0, 0.1) is 18.6 Å². The average Bonchev–Trinajstić information content (AvgIpc) is 2.12. The lowest BCUT2D eigenvalue weighted by molar-refractivity contribution is 0.0691. The first-order valence-corrected chi connectivity index (χ1v) is 3.75. The molecule has 0 aromatic heterocycles. The predicted octanol–water partition coefficient (Wildman–Crippen LogP) is 1.98. The van der Waals surface area contributed by atoms with Gasteiger partial charge in [-0.05, 0) is 6.92 Å². The van der Waals surface area contributed by atoms with Crippen molar-refractivity contribution in [2.24, 2.45) is 0 Å². The fourth-order valence-corrected chi connectivity index (χ4v) is 1.15. The summed E-state index contributed by atoms with van der Waals surface area (Å²) in [6.45, 7) is 1.18. The van der Waals surface area contributed by atoms with E-state index in [1.807, 2.05) is 0 Å². The van der Waals surface area contributed by atoms with Crippen molar-refractivity contribution in [3.63, 3.8) is 0 Å². The molecule has 0 heterocycles. The summed E-state index contributed by atoms with van der Waals surface area (Å²) in [5.74, 6) is -3.82. The van der Waals surface area contributed by atoms with Crippen LogP contribution in [0.2, 0.25) is 0 Å². The fraction of sp³-hybridized carbons (Fsp3) is 0.222. The van der Waals surface area contributed by atoms with Crippen LogP contribution in [0.25, 0.3) is 0 Å². The van der Waals surface area contributed by atoms with Gasteiger partial charge in [0.15, 0.2) is 11.6 Å². The van der Waals surface area contributed by atoms with Crippen LogP contribution >= 0.6 is 0 Å². The zero-order chi connectivity index (χ0) is 10.9. The average molecular weight is 202 g/mol. The zero-order valence-corrected chi connectivity index (χ0v) is 7.60. The number of carboxylic acids is 1. The Labute approximate surface area is 78.9 Å². The molecule has 14 heavy (non-hydrogen) atoms. The van der Waals surface area contributed by atoms with Gasteiger partial charge in [-0.25, -0.2) is 13.6 Å². The highest BCUT2D eigenvalue weighted by Gasteiger charge is 2.20. The predicted molar refractivity (Wildman–Crippen MR) is 44.6 cm³/mol. The Morgan fingerprint density at radius 3 is 2.50 bits per heavy atom. The van der Waals surface area contributed by atoms with E-state index < -0.39 is 17.6 Å². The van der Waals surface area contributed by atoms with Crippen molar-refractivity contribution in [1.82, 2.24) is 0 Å². The third kappa shape index (κ3) is 1.53. The highest BCUT2D eigenvalue weighted by atomic mass is 19.2. The molecule has 0 radical (unpaired) electrons. The number of aromatic carboxylic acids is 1. The van der Waals surface area contributed by atoms with E-state index in [9.17, 15) is 13.6 Å². The van der Waals surface area contributed by atoms with E-state index in [4.69, 9.17) is 5.11 Å². The largest absolute Gasteiger partial charge is 0.496 e. The Morgan fingerprint density at radius 2 is 2.07 bits per heavy atom. The summed E-state index contributed by atoms with van der Waals surface area (Å²) in [7, 11) is 1.19. The van der Waals surface area contributed by atoms with Gasteiger partial charge in [-0.1, -0.05) is 0 Å². The molecule has 0 aliphatic carbocycles. The van der Waals surface area contributed by atoms with E-state index in [1.165, 1.54) is 14.0 Å². The van der Waals surface area contributed by atoms with Crippen molar-refractivity contribution in [3.8, 4) is 5.75 Å². The Hall–Kier alpha value is -1.65. The first-order valence-electron chi connectivity index (χ1n) is 3.75. The minimum absolute atomic E-state index is 0.186. The molecule has 0 saturated heterocycles. The second kappa shape index (κ2) is 3.61. The maximum atomic E-state index is 13.0. The SMILES string of the molecule is COc1cc(F)c(F)c(C)c1C(=O)O. The number of hydrogen-bond donors (Lipinski definition) is 1. The maximum Gasteiger partial charge on any atom is 0.339 e. The van der Waals surface area contributed by atoms with Crippen LogP contribution < -0.4 is 4.74 Å².